The number of piperidine rings is 1. The largest absolute Gasteiger partial charge is 0.353 e. The summed E-state index contributed by atoms with van der Waals surface area (Å²) < 4.78 is 1.92. The second-order valence-electron chi connectivity index (χ2n) is 12.4. The van der Waals surface area contributed by atoms with E-state index in [2.05, 4.69) is 34.5 Å². The first kappa shape index (κ1) is 24.0. The van der Waals surface area contributed by atoms with Crippen molar-refractivity contribution in [3.05, 3.63) is 30.0 Å². The average molecular weight is 492 g/mol. The van der Waals surface area contributed by atoms with Crippen molar-refractivity contribution in [3.8, 4) is 0 Å². The number of amides is 2. The van der Waals surface area contributed by atoms with Gasteiger partial charge >= 0.3 is 0 Å². The molecule has 2 heterocycles. The highest BCUT2D eigenvalue weighted by atomic mass is 16.2. The first-order valence-corrected chi connectivity index (χ1v) is 14.2. The molecule has 7 nitrogen and oxygen atoms in total. The van der Waals surface area contributed by atoms with Gasteiger partial charge in [-0.2, -0.15) is 5.10 Å². The van der Waals surface area contributed by atoms with Crippen LogP contribution in [0.5, 0.6) is 0 Å². The lowest BCUT2D eigenvalue weighted by Gasteiger charge is -2.56. The van der Waals surface area contributed by atoms with Crippen LogP contribution in [0.15, 0.2) is 24.3 Å². The van der Waals surface area contributed by atoms with E-state index >= 15 is 0 Å². The number of rotatable bonds is 7. The zero-order valence-electron chi connectivity index (χ0n) is 21.8. The molecule has 1 aromatic heterocycles. The maximum Gasteiger partial charge on any atom is 0.272 e. The smallest absolute Gasteiger partial charge is 0.272 e. The first-order valence-electron chi connectivity index (χ1n) is 14.2. The maximum absolute atomic E-state index is 13.4. The second kappa shape index (κ2) is 9.47. The summed E-state index contributed by atoms with van der Waals surface area (Å²) in [6, 6.07) is 8.42. The molecule has 194 valence electrons. The Balaban J connectivity index is 0.971. The van der Waals surface area contributed by atoms with Crippen molar-refractivity contribution in [1.29, 1.82) is 0 Å². The van der Waals surface area contributed by atoms with E-state index in [1.54, 1.807) is 0 Å². The number of benzene rings is 1. The minimum atomic E-state index is -0.108. The first-order chi connectivity index (χ1) is 17.4. The molecule has 0 atom stereocenters. The number of para-hydroxylation sites is 1. The monoisotopic (exact) mass is 491 g/mol. The molecule has 4 aliphatic carbocycles. The van der Waals surface area contributed by atoms with E-state index < -0.39 is 0 Å². The topological polar surface area (TPSA) is 79.3 Å². The molecule has 7 heteroatoms. The van der Waals surface area contributed by atoms with Crippen LogP contribution in [-0.2, 0) is 4.79 Å². The van der Waals surface area contributed by atoms with Crippen molar-refractivity contribution >= 4 is 22.7 Å². The number of carbonyl (C=O) groups excluding carboxylic acids is 2. The zero-order valence-corrected chi connectivity index (χ0v) is 21.8. The molecule has 5 aliphatic rings. The number of carbonyl (C=O) groups is 2. The van der Waals surface area contributed by atoms with Crippen molar-refractivity contribution in [2.24, 2.45) is 23.2 Å². The fourth-order valence-electron chi connectivity index (χ4n) is 8.09. The summed E-state index contributed by atoms with van der Waals surface area (Å²) in [5.74, 6) is 2.66. The molecule has 0 spiro atoms. The lowest BCUT2D eigenvalue weighted by molar-refractivity contribution is -0.147. The molecule has 0 radical (unpaired) electrons. The van der Waals surface area contributed by atoms with Gasteiger partial charge in [0.2, 0.25) is 5.91 Å². The lowest BCUT2D eigenvalue weighted by Crippen LogP contribution is -2.56. The normalized spacial score (nSPS) is 30.2. The Morgan fingerprint density at radius 3 is 2.31 bits per heavy atom. The van der Waals surface area contributed by atoms with E-state index in [9.17, 15) is 9.59 Å². The summed E-state index contributed by atoms with van der Waals surface area (Å²) >= 11 is 0. The molecule has 1 aromatic carbocycles. The highest BCUT2D eigenvalue weighted by Crippen LogP contribution is 2.60. The SMILES string of the molecule is CC(C)n1nc(C(=O)NCCN2CCC(NC(=O)C34CC5CC(CC(C5)C3)C4)CC2)c2ccccc21. The molecule has 1 aliphatic heterocycles. The number of fused-ring (bicyclic) bond motifs is 1. The summed E-state index contributed by atoms with van der Waals surface area (Å²) in [5, 5.41) is 12.1. The predicted molar refractivity (Wildman–Crippen MR) is 141 cm³/mol. The Hall–Kier alpha value is -2.41. The minimum absolute atomic E-state index is 0.0527. The van der Waals surface area contributed by atoms with Crippen LogP contribution < -0.4 is 10.6 Å². The third kappa shape index (κ3) is 4.44. The quantitative estimate of drug-likeness (QED) is 0.610. The summed E-state index contributed by atoms with van der Waals surface area (Å²) in [4.78, 5) is 28.7. The predicted octanol–water partition coefficient (Wildman–Crippen LogP) is 4.14. The van der Waals surface area contributed by atoms with Gasteiger partial charge in [-0.05, 0) is 89.0 Å². The Kier molecular flexibility index (Phi) is 6.30. The van der Waals surface area contributed by atoms with Crippen LogP contribution in [0.1, 0.15) is 81.7 Å². The van der Waals surface area contributed by atoms with Crippen molar-refractivity contribution < 1.29 is 9.59 Å². The Bertz CT molecular complexity index is 1090. The van der Waals surface area contributed by atoms with Crippen molar-refractivity contribution in [3.63, 3.8) is 0 Å². The third-order valence-corrected chi connectivity index (χ3v) is 9.47. The van der Waals surface area contributed by atoms with Gasteiger partial charge in [0.15, 0.2) is 5.69 Å². The molecular weight excluding hydrogens is 450 g/mol. The summed E-state index contributed by atoms with van der Waals surface area (Å²) in [6.07, 6.45) is 9.51. The van der Waals surface area contributed by atoms with Gasteiger partial charge in [-0.3, -0.25) is 14.3 Å². The van der Waals surface area contributed by atoms with E-state index in [0.29, 0.717) is 24.2 Å². The molecule has 5 fully saturated rings. The van der Waals surface area contributed by atoms with Crippen molar-refractivity contribution in [2.45, 2.75) is 77.3 Å². The van der Waals surface area contributed by atoms with Gasteiger partial charge in [-0.25, -0.2) is 0 Å². The van der Waals surface area contributed by atoms with Gasteiger partial charge in [-0.1, -0.05) is 18.2 Å². The fourth-order valence-corrected chi connectivity index (χ4v) is 8.09. The van der Waals surface area contributed by atoms with Crippen LogP contribution in [0.4, 0.5) is 0 Å². The van der Waals surface area contributed by atoms with Crippen LogP contribution in [-0.4, -0.2) is 58.7 Å². The highest BCUT2D eigenvalue weighted by Gasteiger charge is 2.54. The third-order valence-electron chi connectivity index (χ3n) is 9.47. The average Bonchev–Trinajstić information content (AvgIpc) is 3.24. The number of aromatic nitrogens is 2. The summed E-state index contributed by atoms with van der Waals surface area (Å²) in [7, 11) is 0. The van der Waals surface area contributed by atoms with Gasteiger partial charge in [0.1, 0.15) is 0 Å². The zero-order chi connectivity index (χ0) is 24.9. The summed E-state index contributed by atoms with van der Waals surface area (Å²) in [6.45, 7) is 7.52. The Morgan fingerprint density at radius 2 is 1.67 bits per heavy atom. The number of likely N-dealkylation sites (tertiary alicyclic amines) is 1. The standard InChI is InChI=1S/C29H41N5O2/c1-19(2)34-25-6-4-3-5-24(25)26(32-34)27(35)30-9-12-33-10-7-23(8-11-33)31-28(36)29-16-20-13-21(17-29)15-22(14-20)18-29/h3-6,19-23H,7-18H2,1-2H3,(H,30,35)(H,31,36). The van der Waals surface area contributed by atoms with E-state index in [4.69, 9.17) is 0 Å². The van der Waals surface area contributed by atoms with Gasteiger partial charge in [-0.15, -0.1) is 0 Å². The molecule has 36 heavy (non-hydrogen) atoms. The molecule has 4 saturated carbocycles. The number of hydrogen-bond donors (Lipinski definition) is 2. The molecule has 2 aromatic rings. The minimum Gasteiger partial charge on any atom is -0.353 e. The van der Waals surface area contributed by atoms with Crippen molar-refractivity contribution in [1.82, 2.24) is 25.3 Å². The molecule has 4 bridgehead atoms. The maximum atomic E-state index is 13.4. The van der Waals surface area contributed by atoms with E-state index in [1.165, 1.54) is 19.3 Å². The molecule has 1 saturated heterocycles. The fraction of sp³-hybridized carbons (Fsp3) is 0.690. The van der Waals surface area contributed by atoms with Gasteiger partial charge < -0.3 is 15.5 Å². The molecular formula is C29H41N5O2. The number of nitrogens with zero attached hydrogens (tertiary/aromatic N) is 3. The van der Waals surface area contributed by atoms with Crippen LogP contribution >= 0.6 is 0 Å². The molecule has 2 N–H and O–H groups in total. The van der Waals surface area contributed by atoms with E-state index in [-0.39, 0.29) is 17.4 Å². The number of hydrogen-bond acceptors (Lipinski definition) is 4. The Labute approximate surface area is 214 Å². The van der Waals surface area contributed by atoms with E-state index in [0.717, 1.165) is 80.4 Å². The summed E-state index contributed by atoms with van der Waals surface area (Å²) in [5.41, 5.74) is 1.45. The molecule has 7 rings (SSSR count). The molecule has 2 amide bonds. The van der Waals surface area contributed by atoms with Gasteiger partial charge in [0.25, 0.3) is 5.91 Å². The van der Waals surface area contributed by atoms with Crippen LogP contribution in [0.3, 0.4) is 0 Å². The number of nitrogens with one attached hydrogen (secondary N) is 2. The van der Waals surface area contributed by atoms with Gasteiger partial charge in [0, 0.05) is 49.1 Å². The van der Waals surface area contributed by atoms with Crippen LogP contribution in [0.25, 0.3) is 10.9 Å². The molecule has 0 unspecified atom stereocenters. The van der Waals surface area contributed by atoms with Crippen LogP contribution in [0.2, 0.25) is 0 Å². The lowest BCUT2D eigenvalue weighted by atomic mass is 9.49. The highest BCUT2D eigenvalue weighted by molar-refractivity contribution is 6.04. The Morgan fingerprint density at radius 1 is 1.03 bits per heavy atom. The second-order valence-corrected chi connectivity index (χ2v) is 12.4. The van der Waals surface area contributed by atoms with Crippen LogP contribution in [0, 0.1) is 23.2 Å². The van der Waals surface area contributed by atoms with Crippen molar-refractivity contribution in [2.75, 3.05) is 26.2 Å². The van der Waals surface area contributed by atoms with Gasteiger partial charge in [0.05, 0.1) is 5.52 Å². The van der Waals surface area contributed by atoms with E-state index in [1.807, 2.05) is 28.9 Å².